The van der Waals surface area contributed by atoms with Crippen LogP contribution in [0.3, 0.4) is 0 Å². The second kappa shape index (κ2) is 5.15. The molecule has 2 heterocycles. The van der Waals surface area contributed by atoms with Gasteiger partial charge in [-0.25, -0.2) is 15.0 Å². The summed E-state index contributed by atoms with van der Waals surface area (Å²) in [5, 5.41) is 0. The molecule has 0 aromatic carbocycles. The van der Waals surface area contributed by atoms with Gasteiger partial charge in [-0.2, -0.15) is 0 Å². The highest BCUT2D eigenvalue weighted by Gasteiger charge is 2.11. The van der Waals surface area contributed by atoms with E-state index in [1.807, 2.05) is 0 Å². The van der Waals surface area contributed by atoms with E-state index >= 15 is 0 Å². The molecule has 0 aliphatic carbocycles. The van der Waals surface area contributed by atoms with Crippen molar-refractivity contribution >= 4 is 15.9 Å². The first-order chi connectivity index (χ1) is 8.22. The second-order valence-corrected chi connectivity index (χ2v) is 3.97. The van der Waals surface area contributed by atoms with Gasteiger partial charge in [-0.05, 0) is 22.0 Å². The smallest absolute Gasteiger partial charge is 0.265 e. The zero-order valence-electron chi connectivity index (χ0n) is 8.98. The predicted octanol–water partition coefficient (Wildman–Crippen LogP) is 1.14. The Morgan fingerprint density at radius 2 is 2.12 bits per heavy atom. The number of hydrogen-bond donors (Lipinski definition) is 1. The summed E-state index contributed by atoms with van der Waals surface area (Å²) in [6.07, 6.45) is 3.17. The van der Waals surface area contributed by atoms with E-state index in [0.717, 1.165) is 0 Å². The molecule has 17 heavy (non-hydrogen) atoms. The number of aromatic amines is 1. The summed E-state index contributed by atoms with van der Waals surface area (Å²) < 4.78 is 5.33. The van der Waals surface area contributed by atoms with Crippen LogP contribution < -0.4 is 5.56 Å². The SMILES string of the molecule is COCc1nc(-c2ncccn2)[nH]c(=O)c1Br. The lowest BCUT2D eigenvalue weighted by atomic mass is 10.4. The first-order valence-electron chi connectivity index (χ1n) is 4.77. The number of halogens is 1. The van der Waals surface area contributed by atoms with Crippen molar-refractivity contribution in [1.82, 2.24) is 19.9 Å². The molecule has 0 aliphatic heterocycles. The number of nitrogens with zero attached hydrogens (tertiary/aromatic N) is 3. The summed E-state index contributed by atoms with van der Waals surface area (Å²) in [6.45, 7) is 0.240. The lowest BCUT2D eigenvalue weighted by molar-refractivity contribution is 0.180. The van der Waals surface area contributed by atoms with E-state index in [1.165, 1.54) is 7.11 Å². The minimum Gasteiger partial charge on any atom is -0.378 e. The number of aromatic nitrogens is 4. The third-order valence-corrected chi connectivity index (χ3v) is 2.81. The summed E-state index contributed by atoms with van der Waals surface area (Å²) in [4.78, 5) is 26.5. The van der Waals surface area contributed by atoms with Crippen LogP contribution in [0, 0.1) is 0 Å². The normalized spacial score (nSPS) is 10.5. The van der Waals surface area contributed by atoms with Crippen LogP contribution in [-0.4, -0.2) is 27.0 Å². The third-order valence-electron chi connectivity index (χ3n) is 1.99. The van der Waals surface area contributed by atoms with Crippen LogP contribution in [0.5, 0.6) is 0 Å². The van der Waals surface area contributed by atoms with Crippen molar-refractivity contribution in [1.29, 1.82) is 0 Å². The van der Waals surface area contributed by atoms with E-state index in [-0.39, 0.29) is 12.2 Å². The van der Waals surface area contributed by atoms with Crippen LogP contribution in [0.15, 0.2) is 27.7 Å². The van der Waals surface area contributed by atoms with Crippen LogP contribution >= 0.6 is 15.9 Å². The van der Waals surface area contributed by atoms with Gasteiger partial charge in [0.25, 0.3) is 5.56 Å². The van der Waals surface area contributed by atoms with Gasteiger partial charge in [-0.3, -0.25) is 4.79 Å². The molecule has 0 unspecified atom stereocenters. The minimum atomic E-state index is -0.283. The van der Waals surface area contributed by atoms with Gasteiger partial charge in [-0.1, -0.05) is 0 Å². The molecule has 7 heteroatoms. The highest BCUT2D eigenvalue weighted by atomic mass is 79.9. The molecule has 0 saturated heterocycles. The molecular formula is C10H9BrN4O2. The molecule has 0 radical (unpaired) electrons. The largest absolute Gasteiger partial charge is 0.378 e. The second-order valence-electron chi connectivity index (χ2n) is 3.18. The number of methoxy groups -OCH3 is 1. The molecule has 0 spiro atoms. The van der Waals surface area contributed by atoms with E-state index in [9.17, 15) is 4.79 Å². The van der Waals surface area contributed by atoms with Crippen molar-refractivity contribution in [2.45, 2.75) is 6.61 Å². The summed E-state index contributed by atoms with van der Waals surface area (Å²) in [7, 11) is 1.54. The van der Waals surface area contributed by atoms with Gasteiger partial charge in [0.1, 0.15) is 4.47 Å². The summed E-state index contributed by atoms with van der Waals surface area (Å²) >= 11 is 3.16. The molecule has 88 valence electrons. The van der Waals surface area contributed by atoms with Crippen molar-refractivity contribution in [2.24, 2.45) is 0 Å². The predicted molar refractivity (Wildman–Crippen MR) is 64.3 cm³/mol. The summed E-state index contributed by atoms with van der Waals surface area (Å²) in [6, 6.07) is 1.69. The Balaban J connectivity index is 2.53. The average Bonchev–Trinajstić information content (AvgIpc) is 2.36. The first-order valence-corrected chi connectivity index (χ1v) is 5.56. The molecule has 0 bridgehead atoms. The molecule has 0 aliphatic rings. The van der Waals surface area contributed by atoms with E-state index in [1.54, 1.807) is 18.5 Å². The molecule has 1 N–H and O–H groups in total. The van der Waals surface area contributed by atoms with Crippen LogP contribution in [0.2, 0.25) is 0 Å². The van der Waals surface area contributed by atoms with Crippen molar-refractivity contribution in [3.63, 3.8) is 0 Å². The fourth-order valence-electron chi connectivity index (χ4n) is 1.27. The van der Waals surface area contributed by atoms with Crippen LogP contribution in [0.1, 0.15) is 5.69 Å². The first kappa shape index (κ1) is 11.9. The topological polar surface area (TPSA) is 80.8 Å². The average molecular weight is 297 g/mol. The maximum atomic E-state index is 11.7. The Bertz CT molecular complexity index is 570. The van der Waals surface area contributed by atoms with E-state index in [0.29, 0.717) is 21.8 Å². The maximum absolute atomic E-state index is 11.7. The zero-order chi connectivity index (χ0) is 12.3. The van der Waals surface area contributed by atoms with Gasteiger partial charge < -0.3 is 9.72 Å². The Morgan fingerprint density at radius 1 is 1.41 bits per heavy atom. The van der Waals surface area contributed by atoms with Crippen molar-refractivity contribution in [3.05, 3.63) is 39.0 Å². The molecule has 0 fully saturated rings. The highest BCUT2D eigenvalue weighted by Crippen LogP contribution is 2.13. The third kappa shape index (κ3) is 2.56. The molecule has 2 aromatic heterocycles. The number of H-pyrrole nitrogens is 1. The van der Waals surface area contributed by atoms with Gasteiger partial charge in [0.2, 0.25) is 0 Å². The quantitative estimate of drug-likeness (QED) is 0.918. The number of rotatable bonds is 3. The van der Waals surface area contributed by atoms with E-state index in [2.05, 4.69) is 35.9 Å². The molecule has 2 rings (SSSR count). The van der Waals surface area contributed by atoms with Gasteiger partial charge in [-0.15, -0.1) is 0 Å². The van der Waals surface area contributed by atoms with Gasteiger partial charge in [0.05, 0.1) is 12.3 Å². The standard InChI is InChI=1S/C10H9BrN4O2/c1-17-5-6-7(11)10(16)15-9(14-6)8-12-3-2-4-13-8/h2-4H,5H2,1H3,(H,14,15,16). The number of nitrogens with one attached hydrogen (secondary N) is 1. The Morgan fingerprint density at radius 3 is 2.76 bits per heavy atom. The molecular weight excluding hydrogens is 288 g/mol. The fraction of sp³-hybridized carbons (Fsp3) is 0.200. The van der Waals surface area contributed by atoms with Gasteiger partial charge in [0, 0.05) is 19.5 Å². The Hall–Kier alpha value is -1.60. The van der Waals surface area contributed by atoms with Crippen LogP contribution in [0.4, 0.5) is 0 Å². The molecule has 2 aromatic rings. The van der Waals surface area contributed by atoms with Crippen molar-refractivity contribution in [3.8, 4) is 11.6 Å². The zero-order valence-corrected chi connectivity index (χ0v) is 10.6. The fourth-order valence-corrected chi connectivity index (χ4v) is 1.57. The van der Waals surface area contributed by atoms with Gasteiger partial charge >= 0.3 is 0 Å². The summed E-state index contributed by atoms with van der Waals surface area (Å²) in [5.74, 6) is 0.695. The van der Waals surface area contributed by atoms with Gasteiger partial charge in [0.15, 0.2) is 11.6 Å². The van der Waals surface area contributed by atoms with E-state index < -0.39 is 0 Å². The maximum Gasteiger partial charge on any atom is 0.265 e. The Labute approximate surface area is 105 Å². The highest BCUT2D eigenvalue weighted by molar-refractivity contribution is 9.10. The summed E-state index contributed by atoms with van der Waals surface area (Å²) in [5.41, 5.74) is 0.230. The monoisotopic (exact) mass is 296 g/mol. The van der Waals surface area contributed by atoms with Crippen molar-refractivity contribution in [2.75, 3.05) is 7.11 Å². The van der Waals surface area contributed by atoms with E-state index in [4.69, 9.17) is 4.74 Å². The lowest BCUT2D eigenvalue weighted by Crippen LogP contribution is -2.14. The molecule has 0 atom stereocenters. The molecule has 0 saturated carbocycles. The van der Waals surface area contributed by atoms with Crippen LogP contribution in [0.25, 0.3) is 11.6 Å². The molecule has 0 amide bonds. The minimum absolute atomic E-state index is 0.240. The van der Waals surface area contributed by atoms with Crippen LogP contribution in [-0.2, 0) is 11.3 Å². The Kier molecular flexibility index (Phi) is 3.60. The number of hydrogen-bond acceptors (Lipinski definition) is 5. The molecule has 6 nitrogen and oxygen atoms in total. The van der Waals surface area contributed by atoms with Crippen molar-refractivity contribution < 1.29 is 4.74 Å². The number of ether oxygens (including phenoxy) is 1. The lowest BCUT2D eigenvalue weighted by Gasteiger charge is -2.04.